The number of rotatable bonds is 4. The lowest BCUT2D eigenvalue weighted by atomic mass is 9.93. The lowest BCUT2D eigenvalue weighted by molar-refractivity contribution is -0.146. The molecular weight excluding hydrogens is 188 g/mol. The zero-order chi connectivity index (χ0) is 10.6. The van der Waals surface area contributed by atoms with Crippen molar-refractivity contribution >= 4 is 12.0 Å². The Labute approximate surface area is 81.3 Å². The van der Waals surface area contributed by atoms with Crippen LogP contribution in [0.1, 0.15) is 19.3 Å². The Kier molecular flexibility index (Phi) is 3.70. The van der Waals surface area contributed by atoms with Crippen molar-refractivity contribution in [2.45, 2.75) is 31.4 Å². The number of hydrogen-bond donors (Lipinski definition) is 4. The third kappa shape index (κ3) is 3.21. The minimum absolute atomic E-state index is 0.206. The van der Waals surface area contributed by atoms with Crippen LogP contribution in [0.25, 0.3) is 0 Å². The van der Waals surface area contributed by atoms with Crippen LogP contribution in [0.5, 0.6) is 0 Å². The summed E-state index contributed by atoms with van der Waals surface area (Å²) < 4.78 is 0. The summed E-state index contributed by atoms with van der Waals surface area (Å²) in [5.41, 5.74) is 0. The topological polar surface area (TPSA) is 98.7 Å². The standard InChI is InChI=1S/C8H14N2O4/c11-6(7(12)13)4-9-8(14)10-5-2-1-3-5/h5-6,11H,1-4H2,(H,12,13)(H2,9,10,14). The first-order valence-corrected chi connectivity index (χ1v) is 4.55. The number of carboxylic acids is 1. The molecule has 1 saturated carbocycles. The van der Waals surface area contributed by atoms with Crippen molar-refractivity contribution in [3.8, 4) is 0 Å². The molecule has 1 rings (SSSR count). The van der Waals surface area contributed by atoms with Crippen LogP contribution in [-0.2, 0) is 4.79 Å². The van der Waals surface area contributed by atoms with Crippen LogP contribution in [0.3, 0.4) is 0 Å². The first-order valence-electron chi connectivity index (χ1n) is 4.55. The highest BCUT2D eigenvalue weighted by Gasteiger charge is 2.20. The summed E-state index contributed by atoms with van der Waals surface area (Å²) in [4.78, 5) is 21.2. The number of carbonyl (C=O) groups is 2. The maximum atomic E-state index is 11.0. The molecule has 6 nitrogen and oxygen atoms in total. The first-order chi connectivity index (χ1) is 6.59. The molecule has 1 aliphatic rings. The van der Waals surface area contributed by atoms with Gasteiger partial charge in [-0.25, -0.2) is 9.59 Å². The van der Waals surface area contributed by atoms with Crippen molar-refractivity contribution in [1.82, 2.24) is 10.6 Å². The fourth-order valence-electron chi connectivity index (χ4n) is 1.07. The maximum Gasteiger partial charge on any atom is 0.334 e. The Hall–Kier alpha value is -1.30. The molecule has 0 spiro atoms. The van der Waals surface area contributed by atoms with Gasteiger partial charge in [0.2, 0.25) is 0 Å². The zero-order valence-electron chi connectivity index (χ0n) is 7.69. The minimum atomic E-state index is -1.54. The Morgan fingerprint density at radius 3 is 2.50 bits per heavy atom. The zero-order valence-corrected chi connectivity index (χ0v) is 7.69. The van der Waals surface area contributed by atoms with Gasteiger partial charge < -0.3 is 20.8 Å². The number of nitrogens with one attached hydrogen (secondary N) is 2. The van der Waals surface area contributed by atoms with E-state index < -0.39 is 18.1 Å². The van der Waals surface area contributed by atoms with Crippen LogP contribution in [0.15, 0.2) is 0 Å². The molecule has 14 heavy (non-hydrogen) atoms. The Bertz CT molecular complexity index is 227. The molecular formula is C8H14N2O4. The second-order valence-corrected chi connectivity index (χ2v) is 3.34. The fourth-order valence-corrected chi connectivity index (χ4v) is 1.07. The summed E-state index contributed by atoms with van der Waals surface area (Å²) in [6.07, 6.45) is 1.51. The average molecular weight is 202 g/mol. The molecule has 0 aromatic rings. The molecule has 0 bridgehead atoms. The Morgan fingerprint density at radius 1 is 1.43 bits per heavy atom. The van der Waals surface area contributed by atoms with Gasteiger partial charge in [-0.2, -0.15) is 0 Å². The van der Waals surface area contributed by atoms with E-state index in [1.54, 1.807) is 0 Å². The normalized spacial score (nSPS) is 18.1. The van der Waals surface area contributed by atoms with Gasteiger partial charge >= 0.3 is 12.0 Å². The van der Waals surface area contributed by atoms with E-state index in [0.717, 1.165) is 19.3 Å². The molecule has 0 radical (unpaired) electrons. The van der Waals surface area contributed by atoms with E-state index >= 15 is 0 Å². The Balaban J connectivity index is 2.10. The van der Waals surface area contributed by atoms with Crippen LogP contribution in [0.4, 0.5) is 4.79 Å². The van der Waals surface area contributed by atoms with Crippen LogP contribution >= 0.6 is 0 Å². The molecule has 1 atom stereocenters. The molecule has 4 N–H and O–H groups in total. The second-order valence-electron chi connectivity index (χ2n) is 3.34. The number of carbonyl (C=O) groups excluding carboxylic acids is 1. The van der Waals surface area contributed by atoms with E-state index in [-0.39, 0.29) is 12.6 Å². The van der Waals surface area contributed by atoms with E-state index in [1.165, 1.54) is 0 Å². The van der Waals surface area contributed by atoms with Crippen molar-refractivity contribution in [2.24, 2.45) is 0 Å². The lowest BCUT2D eigenvalue weighted by Gasteiger charge is -2.26. The number of carboxylic acid groups (broad SMARTS) is 1. The number of aliphatic hydroxyl groups is 1. The molecule has 80 valence electrons. The van der Waals surface area contributed by atoms with Gasteiger partial charge in [0.25, 0.3) is 0 Å². The quantitative estimate of drug-likeness (QED) is 0.483. The number of urea groups is 1. The van der Waals surface area contributed by atoms with E-state index in [2.05, 4.69) is 10.6 Å². The van der Waals surface area contributed by atoms with Crippen LogP contribution in [0, 0.1) is 0 Å². The summed E-state index contributed by atoms with van der Waals surface area (Å²) in [6.45, 7) is -0.270. The van der Waals surface area contributed by atoms with E-state index in [4.69, 9.17) is 10.2 Å². The molecule has 0 saturated heterocycles. The molecule has 2 amide bonds. The third-order valence-electron chi connectivity index (χ3n) is 2.18. The number of aliphatic hydroxyl groups excluding tert-OH is 1. The summed E-state index contributed by atoms with van der Waals surface area (Å²) in [6, 6.07) is -0.216. The number of aliphatic carboxylic acids is 1. The van der Waals surface area contributed by atoms with Crippen molar-refractivity contribution < 1.29 is 19.8 Å². The van der Waals surface area contributed by atoms with Gasteiger partial charge in [-0.15, -0.1) is 0 Å². The molecule has 0 aliphatic heterocycles. The predicted molar refractivity (Wildman–Crippen MR) is 47.8 cm³/mol. The highest BCUT2D eigenvalue weighted by Crippen LogP contribution is 2.17. The highest BCUT2D eigenvalue weighted by atomic mass is 16.4. The monoisotopic (exact) mass is 202 g/mol. The summed E-state index contributed by atoms with van der Waals surface area (Å²) in [5, 5.41) is 22.1. The van der Waals surface area contributed by atoms with Crippen molar-refractivity contribution in [3.63, 3.8) is 0 Å². The van der Waals surface area contributed by atoms with Crippen LogP contribution in [-0.4, -0.2) is 40.9 Å². The predicted octanol–water partition coefficient (Wildman–Crippen LogP) is -0.716. The van der Waals surface area contributed by atoms with Crippen molar-refractivity contribution in [2.75, 3.05) is 6.54 Å². The molecule has 1 aliphatic carbocycles. The molecule has 6 heteroatoms. The molecule has 1 unspecified atom stereocenters. The maximum absolute atomic E-state index is 11.0. The van der Waals surface area contributed by atoms with Crippen LogP contribution in [0.2, 0.25) is 0 Å². The van der Waals surface area contributed by atoms with E-state index in [1.807, 2.05) is 0 Å². The Morgan fingerprint density at radius 2 is 2.07 bits per heavy atom. The number of amides is 2. The lowest BCUT2D eigenvalue weighted by Crippen LogP contribution is -2.47. The van der Waals surface area contributed by atoms with E-state index in [9.17, 15) is 9.59 Å². The average Bonchev–Trinajstić information content (AvgIpc) is 2.07. The van der Waals surface area contributed by atoms with Gasteiger partial charge in [0, 0.05) is 6.04 Å². The smallest absolute Gasteiger partial charge is 0.334 e. The van der Waals surface area contributed by atoms with Gasteiger partial charge in [0.1, 0.15) is 0 Å². The largest absolute Gasteiger partial charge is 0.479 e. The summed E-state index contributed by atoms with van der Waals surface area (Å²) in [5.74, 6) is -1.34. The first kappa shape index (κ1) is 10.8. The van der Waals surface area contributed by atoms with Gasteiger partial charge in [-0.3, -0.25) is 0 Å². The highest BCUT2D eigenvalue weighted by molar-refractivity contribution is 5.76. The molecule has 0 aromatic heterocycles. The van der Waals surface area contributed by atoms with Crippen molar-refractivity contribution in [1.29, 1.82) is 0 Å². The fraction of sp³-hybridized carbons (Fsp3) is 0.750. The third-order valence-corrected chi connectivity index (χ3v) is 2.18. The number of hydrogen-bond acceptors (Lipinski definition) is 3. The molecule has 1 fully saturated rings. The molecule has 0 heterocycles. The van der Waals surface area contributed by atoms with Gasteiger partial charge in [0.05, 0.1) is 6.54 Å². The van der Waals surface area contributed by atoms with Gasteiger partial charge in [-0.1, -0.05) is 0 Å². The second kappa shape index (κ2) is 4.80. The van der Waals surface area contributed by atoms with Gasteiger partial charge in [-0.05, 0) is 19.3 Å². The molecule has 0 aromatic carbocycles. The van der Waals surface area contributed by atoms with Crippen molar-refractivity contribution in [3.05, 3.63) is 0 Å². The van der Waals surface area contributed by atoms with Gasteiger partial charge in [0.15, 0.2) is 6.10 Å². The SMILES string of the molecule is O=C(NCC(O)C(=O)O)NC1CCC1. The minimum Gasteiger partial charge on any atom is -0.479 e. The van der Waals surface area contributed by atoms with E-state index in [0.29, 0.717) is 0 Å². The summed E-state index contributed by atoms with van der Waals surface area (Å²) >= 11 is 0. The summed E-state index contributed by atoms with van der Waals surface area (Å²) in [7, 11) is 0. The van der Waals surface area contributed by atoms with Crippen LogP contribution < -0.4 is 10.6 Å².